The summed E-state index contributed by atoms with van der Waals surface area (Å²) < 4.78 is 0.757. The van der Waals surface area contributed by atoms with Gasteiger partial charge in [-0.25, -0.2) is 0 Å². The average Bonchev–Trinajstić information content (AvgIpc) is 2.48. The maximum atomic E-state index is 12.2. The number of hydrogen-bond acceptors (Lipinski definition) is 2. The zero-order chi connectivity index (χ0) is 14.8. The smallest absolute Gasteiger partial charge is 0.256 e. The Labute approximate surface area is 130 Å². The van der Waals surface area contributed by atoms with Gasteiger partial charge in [-0.15, -0.1) is 0 Å². The summed E-state index contributed by atoms with van der Waals surface area (Å²) in [5.41, 5.74) is 3.18. The van der Waals surface area contributed by atoms with Crippen LogP contribution in [-0.4, -0.2) is 11.8 Å². The lowest BCUT2D eigenvalue weighted by Gasteiger charge is -2.17. The Morgan fingerprint density at radius 1 is 1.14 bits per heavy atom. The molecule has 1 aliphatic heterocycles. The van der Waals surface area contributed by atoms with E-state index in [1.54, 1.807) is 12.1 Å². The minimum atomic E-state index is -0.165. The topological polar surface area (TPSA) is 58.2 Å². The van der Waals surface area contributed by atoms with E-state index in [1.165, 1.54) is 0 Å². The zero-order valence-corrected chi connectivity index (χ0v) is 12.7. The Bertz CT molecular complexity index is 728. The third-order valence-corrected chi connectivity index (χ3v) is 4.07. The van der Waals surface area contributed by atoms with Crippen LogP contribution in [0.1, 0.15) is 22.3 Å². The molecule has 3 rings (SSSR count). The van der Waals surface area contributed by atoms with Gasteiger partial charge in [0, 0.05) is 22.3 Å². The van der Waals surface area contributed by atoms with Crippen LogP contribution in [0.5, 0.6) is 0 Å². The molecule has 106 valence electrons. The molecule has 0 saturated heterocycles. The second-order valence-corrected chi connectivity index (χ2v) is 5.71. The summed E-state index contributed by atoms with van der Waals surface area (Å²) in [7, 11) is 0. The van der Waals surface area contributed by atoms with E-state index in [0.29, 0.717) is 18.4 Å². The van der Waals surface area contributed by atoms with Gasteiger partial charge in [0.25, 0.3) is 5.91 Å². The number of carbonyl (C=O) groups is 2. The van der Waals surface area contributed by atoms with Crippen molar-refractivity contribution in [1.29, 1.82) is 0 Å². The lowest BCUT2D eigenvalue weighted by Crippen LogP contribution is -2.19. The highest BCUT2D eigenvalue weighted by Crippen LogP contribution is 2.26. The van der Waals surface area contributed by atoms with Gasteiger partial charge in [-0.3, -0.25) is 9.59 Å². The van der Waals surface area contributed by atoms with Crippen LogP contribution < -0.4 is 10.6 Å². The second-order valence-electron chi connectivity index (χ2n) is 4.85. The Hall–Kier alpha value is -2.14. The molecule has 1 aliphatic rings. The van der Waals surface area contributed by atoms with Crippen molar-refractivity contribution in [2.24, 2.45) is 0 Å². The maximum Gasteiger partial charge on any atom is 0.256 e. The van der Waals surface area contributed by atoms with Crippen molar-refractivity contribution >= 4 is 39.1 Å². The molecule has 21 heavy (non-hydrogen) atoms. The van der Waals surface area contributed by atoms with Crippen molar-refractivity contribution in [1.82, 2.24) is 0 Å². The van der Waals surface area contributed by atoms with E-state index >= 15 is 0 Å². The molecule has 0 spiro atoms. The van der Waals surface area contributed by atoms with Gasteiger partial charge in [0.2, 0.25) is 5.91 Å². The summed E-state index contributed by atoms with van der Waals surface area (Å²) in [5.74, 6) is -0.130. The van der Waals surface area contributed by atoms with E-state index in [2.05, 4.69) is 26.6 Å². The van der Waals surface area contributed by atoms with Crippen molar-refractivity contribution in [3.8, 4) is 0 Å². The molecule has 2 amide bonds. The number of benzene rings is 2. The van der Waals surface area contributed by atoms with Gasteiger partial charge in [-0.2, -0.15) is 0 Å². The molecule has 0 atom stereocenters. The van der Waals surface area contributed by atoms with Gasteiger partial charge in [-0.1, -0.05) is 12.1 Å². The number of aryl methyl sites for hydroxylation is 1. The lowest BCUT2D eigenvalue weighted by molar-refractivity contribution is -0.116. The first kappa shape index (κ1) is 13.8. The van der Waals surface area contributed by atoms with Gasteiger partial charge >= 0.3 is 0 Å². The predicted octanol–water partition coefficient (Wildman–Crippen LogP) is 3.59. The van der Waals surface area contributed by atoms with E-state index in [4.69, 9.17) is 0 Å². The monoisotopic (exact) mass is 344 g/mol. The van der Waals surface area contributed by atoms with Crippen molar-refractivity contribution in [3.05, 3.63) is 58.1 Å². The quantitative estimate of drug-likeness (QED) is 0.874. The molecule has 5 heteroatoms. The van der Waals surface area contributed by atoms with Crippen LogP contribution in [0.3, 0.4) is 0 Å². The van der Waals surface area contributed by atoms with E-state index < -0.39 is 0 Å². The molecule has 1 heterocycles. The summed E-state index contributed by atoms with van der Waals surface area (Å²) in [6.07, 6.45) is 1.18. The fourth-order valence-corrected chi connectivity index (χ4v) is 2.77. The molecule has 0 radical (unpaired) electrons. The van der Waals surface area contributed by atoms with E-state index in [-0.39, 0.29) is 11.8 Å². The molecule has 0 fully saturated rings. The fourth-order valence-electron chi connectivity index (χ4n) is 2.30. The largest absolute Gasteiger partial charge is 0.326 e. The van der Waals surface area contributed by atoms with Crippen LogP contribution in [0.15, 0.2) is 46.9 Å². The highest BCUT2D eigenvalue weighted by Gasteiger charge is 2.16. The number of carbonyl (C=O) groups excluding carboxylic acids is 2. The third-order valence-electron chi connectivity index (χ3n) is 3.38. The van der Waals surface area contributed by atoms with E-state index in [1.807, 2.05) is 30.3 Å². The fraction of sp³-hybridized carbons (Fsp3) is 0.125. The molecule has 0 aliphatic carbocycles. The number of halogens is 1. The van der Waals surface area contributed by atoms with Crippen LogP contribution in [-0.2, 0) is 11.2 Å². The lowest BCUT2D eigenvalue weighted by atomic mass is 10.0. The van der Waals surface area contributed by atoms with Gasteiger partial charge in [0.15, 0.2) is 0 Å². The van der Waals surface area contributed by atoms with Crippen LogP contribution in [0.4, 0.5) is 11.4 Å². The molecular weight excluding hydrogens is 332 g/mol. The average molecular weight is 345 g/mol. The Balaban J connectivity index is 1.81. The molecule has 2 aromatic rings. The highest BCUT2D eigenvalue weighted by atomic mass is 79.9. The van der Waals surface area contributed by atoms with E-state index in [9.17, 15) is 9.59 Å². The first-order chi connectivity index (χ1) is 10.1. The summed E-state index contributed by atoms with van der Waals surface area (Å²) >= 11 is 3.37. The number of anilines is 2. The summed E-state index contributed by atoms with van der Waals surface area (Å²) in [4.78, 5) is 23.6. The molecule has 4 nitrogen and oxygen atoms in total. The van der Waals surface area contributed by atoms with Crippen molar-refractivity contribution < 1.29 is 9.59 Å². The Morgan fingerprint density at radius 2 is 1.95 bits per heavy atom. The molecule has 2 N–H and O–H groups in total. The Morgan fingerprint density at radius 3 is 2.76 bits per heavy atom. The van der Waals surface area contributed by atoms with Crippen molar-refractivity contribution in [2.75, 3.05) is 10.6 Å². The van der Waals surface area contributed by atoms with Gasteiger partial charge < -0.3 is 10.6 Å². The first-order valence-electron chi connectivity index (χ1n) is 6.62. The van der Waals surface area contributed by atoms with Gasteiger partial charge in [-0.05, 0) is 58.2 Å². The first-order valence-corrected chi connectivity index (χ1v) is 7.41. The van der Waals surface area contributed by atoms with E-state index in [0.717, 1.165) is 21.4 Å². The van der Waals surface area contributed by atoms with Crippen LogP contribution in [0.25, 0.3) is 0 Å². The van der Waals surface area contributed by atoms with Crippen LogP contribution >= 0.6 is 15.9 Å². The summed E-state index contributed by atoms with van der Waals surface area (Å²) in [6, 6.07) is 12.8. The molecular formula is C16H13BrN2O2. The zero-order valence-electron chi connectivity index (χ0n) is 11.2. The van der Waals surface area contributed by atoms with Crippen LogP contribution in [0, 0.1) is 0 Å². The molecule has 0 aromatic heterocycles. The number of amides is 2. The number of hydrogen-bond donors (Lipinski definition) is 2. The van der Waals surface area contributed by atoms with Crippen molar-refractivity contribution in [3.63, 3.8) is 0 Å². The highest BCUT2D eigenvalue weighted by molar-refractivity contribution is 9.10. The van der Waals surface area contributed by atoms with Gasteiger partial charge in [0.05, 0.1) is 5.56 Å². The predicted molar refractivity (Wildman–Crippen MR) is 85.5 cm³/mol. The summed E-state index contributed by atoms with van der Waals surface area (Å²) in [5, 5.41) is 5.70. The SMILES string of the molecule is O=C1CCc2cc(NC(=O)c3ccccc3Br)ccc2N1. The Kier molecular flexibility index (Phi) is 3.75. The number of nitrogens with one attached hydrogen (secondary N) is 2. The summed E-state index contributed by atoms with van der Waals surface area (Å²) in [6.45, 7) is 0. The molecule has 0 unspecified atom stereocenters. The molecule has 0 saturated carbocycles. The number of rotatable bonds is 2. The number of fused-ring (bicyclic) bond motifs is 1. The molecule has 0 bridgehead atoms. The minimum Gasteiger partial charge on any atom is -0.326 e. The van der Waals surface area contributed by atoms with Crippen LogP contribution in [0.2, 0.25) is 0 Å². The minimum absolute atomic E-state index is 0.0347. The maximum absolute atomic E-state index is 12.2. The third kappa shape index (κ3) is 2.97. The second kappa shape index (κ2) is 5.69. The van der Waals surface area contributed by atoms with Gasteiger partial charge in [0.1, 0.15) is 0 Å². The standard InChI is InChI=1S/C16H13BrN2O2/c17-13-4-2-1-3-12(13)16(21)18-11-6-7-14-10(9-11)5-8-15(20)19-14/h1-4,6-7,9H,5,8H2,(H,18,21)(H,19,20). The normalized spacial score (nSPS) is 13.3. The molecule has 2 aromatic carbocycles. The van der Waals surface area contributed by atoms with Crippen molar-refractivity contribution in [2.45, 2.75) is 12.8 Å².